The third kappa shape index (κ3) is 2.13. The maximum Gasteiger partial charge on any atom is 0.249 e. The first-order valence-corrected chi connectivity index (χ1v) is 8.42. The number of hydrogen-bond acceptors (Lipinski definition) is 5. The smallest absolute Gasteiger partial charge is 0.249 e. The molecule has 0 aliphatic carbocycles. The van der Waals surface area contributed by atoms with Crippen LogP contribution in [0.25, 0.3) is 0 Å². The van der Waals surface area contributed by atoms with Gasteiger partial charge in [0, 0.05) is 17.1 Å². The number of rotatable bonds is 2. The molecule has 1 N–H and O–H groups in total. The number of amides is 2. The Hall–Kier alpha value is -1.08. The quantitative estimate of drug-likeness (QED) is 0.909. The van der Waals surface area contributed by atoms with Gasteiger partial charge in [-0.3, -0.25) is 9.59 Å². The molecule has 7 heteroatoms. The van der Waals surface area contributed by atoms with E-state index in [0.717, 1.165) is 17.0 Å². The summed E-state index contributed by atoms with van der Waals surface area (Å²) in [6.45, 7) is 5.96. The van der Waals surface area contributed by atoms with Crippen LogP contribution in [0, 0.1) is 13.8 Å². The van der Waals surface area contributed by atoms with Gasteiger partial charge in [-0.15, -0.1) is 23.1 Å². The van der Waals surface area contributed by atoms with Crippen LogP contribution in [-0.2, 0) is 9.59 Å². The van der Waals surface area contributed by atoms with Crippen LogP contribution in [-0.4, -0.2) is 38.4 Å². The zero-order valence-corrected chi connectivity index (χ0v) is 13.4. The van der Waals surface area contributed by atoms with Crippen molar-refractivity contribution < 1.29 is 9.59 Å². The number of carbonyl (C=O) groups is 2. The number of aryl methyl sites for hydroxylation is 2. The predicted molar refractivity (Wildman–Crippen MR) is 80.9 cm³/mol. The fourth-order valence-corrected chi connectivity index (χ4v) is 4.98. The first-order valence-electron chi connectivity index (χ1n) is 6.62. The minimum absolute atomic E-state index is 0.0872. The fourth-order valence-electron chi connectivity index (χ4n) is 2.73. The third-order valence-electron chi connectivity index (χ3n) is 4.01. The highest BCUT2D eigenvalue weighted by Gasteiger charge is 2.52. The average Bonchev–Trinajstić information content (AvgIpc) is 2.96. The predicted octanol–water partition coefficient (Wildman–Crippen LogP) is 2.15. The van der Waals surface area contributed by atoms with Crippen molar-refractivity contribution in [2.75, 3.05) is 11.1 Å². The van der Waals surface area contributed by atoms with Crippen LogP contribution in [0.5, 0.6) is 0 Å². The molecule has 3 heterocycles. The van der Waals surface area contributed by atoms with Crippen molar-refractivity contribution in [2.24, 2.45) is 0 Å². The molecule has 2 saturated heterocycles. The lowest BCUT2D eigenvalue weighted by atomic mass is 10.2. The van der Waals surface area contributed by atoms with E-state index in [1.165, 1.54) is 11.3 Å². The summed E-state index contributed by atoms with van der Waals surface area (Å²) in [4.78, 5) is 31.4. The van der Waals surface area contributed by atoms with Crippen LogP contribution < -0.4 is 5.32 Å². The second-order valence-corrected chi connectivity index (χ2v) is 8.12. The third-order valence-corrected chi connectivity index (χ3v) is 6.50. The van der Waals surface area contributed by atoms with Crippen LogP contribution in [0.3, 0.4) is 0 Å². The van der Waals surface area contributed by atoms with Crippen molar-refractivity contribution in [1.29, 1.82) is 0 Å². The average molecular weight is 311 g/mol. The Morgan fingerprint density at radius 1 is 1.50 bits per heavy atom. The molecular formula is C13H17N3O2S2. The van der Waals surface area contributed by atoms with Crippen LogP contribution in [0.4, 0.5) is 5.13 Å². The standard InChI is InChI=1S/C13H17N3O2S2/c1-7-8(2)20-12(14-7)15-11(18)9-6-19-13(3)5-4-10(17)16(9)13/h9H,4-6H2,1-3H3,(H,14,15,18)/t9-,13+/m1/s1. The molecule has 108 valence electrons. The summed E-state index contributed by atoms with van der Waals surface area (Å²) in [6, 6.07) is -0.371. The monoisotopic (exact) mass is 311 g/mol. The molecule has 0 unspecified atom stereocenters. The van der Waals surface area contributed by atoms with Gasteiger partial charge in [-0.2, -0.15) is 0 Å². The summed E-state index contributed by atoms with van der Waals surface area (Å²) in [5.41, 5.74) is 0.938. The second kappa shape index (κ2) is 4.73. The lowest BCUT2D eigenvalue weighted by Gasteiger charge is -2.29. The van der Waals surface area contributed by atoms with Gasteiger partial charge in [-0.1, -0.05) is 0 Å². The van der Waals surface area contributed by atoms with E-state index in [4.69, 9.17) is 0 Å². The van der Waals surface area contributed by atoms with E-state index in [9.17, 15) is 9.59 Å². The molecule has 1 aromatic rings. The van der Waals surface area contributed by atoms with Gasteiger partial charge in [0.05, 0.1) is 10.6 Å². The Balaban J connectivity index is 1.76. The van der Waals surface area contributed by atoms with Crippen LogP contribution in [0.15, 0.2) is 0 Å². The second-order valence-electron chi connectivity index (χ2n) is 5.42. The molecule has 20 heavy (non-hydrogen) atoms. The highest BCUT2D eigenvalue weighted by atomic mass is 32.2. The van der Waals surface area contributed by atoms with Crippen molar-refractivity contribution in [3.63, 3.8) is 0 Å². The van der Waals surface area contributed by atoms with Gasteiger partial charge < -0.3 is 10.2 Å². The zero-order valence-electron chi connectivity index (χ0n) is 11.7. The molecule has 5 nitrogen and oxygen atoms in total. The lowest BCUT2D eigenvalue weighted by Crippen LogP contribution is -2.48. The number of carbonyl (C=O) groups excluding carboxylic acids is 2. The van der Waals surface area contributed by atoms with Gasteiger partial charge in [-0.05, 0) is 27.2 Å². The first kappa shape index (κ1) is 13.9. The summed E-state index contributed by atoms with van der Waals surface area (Å²) >= 11 is 3.17. The Bertz CT molecular complexity index is 567. The number of thiazole rings is 1. The van der Waals surface area contributed by atoms with E-state index in [1.807, 2.05) is 20.8 Å². The minimum Gasteiger partial charge on any atom is -0.315 e. The van der Waals surface area contributed by atoms with Gasteiger partial charge in [0.2, 0.25) is 11.8 Å². The molecule has 0 saturated carbocycles. The van der Waals surface area contributed by atoms with E-state index in [-0.39, 0.29) is 22.7 Å². The number of aromatic nitrogens is 1. The largest absolute Gasteiger partial charge is 0.315 e. The molecule has 0 bridgehead atoms. The van der Waals surface area contributed by atoms with Crippen molar-refractivity contribution in [3.05, 3.63) is 10.6 Å². The molecule has 2 fully saturated rings. The summed E-state index contributed by atoms with van der Waals surface area (Å²) in [5.74, 6) is 0.631. The number of thioether (sulfide) groups is 1. The lowest BCUT2D eigenvalue weighted by molar-refractivity contribution is -0.135. The molecule has 3 rings (SSSR count). The minimum atomic E-state index is -0.371. The van der Waals surface area contributed by atoms with Crippen LogP contribution in [0.2, 0.25) is 0 Å². The van der Waals surface area contributed by atoms with Crippen molar-refractivity contribution in [2.45, 2.75) is 44.5 Å². The summed E-state index contributed by atoms with van der Waals surface area (Å²) < 4.78 is 0. The number of nitrogens with one attached hydrogen (secondary N) is 1. The number of fused-ring (bicyclic) bond motifs is 1. The first-order chi connectivity index (χ1) is 9.40. The van der Waals surface area contributed by atoms with E-state index >= 15 is 0 Å². The summed E-state index contributed by atoms with van der Waals surface area (Å²) in [7, 11) is 0. The fraction of sp³-hybridized carbons (Fsp3) is 0.615. The van der Waals surface area contributed by atoms with E-state index < -0.39 is 0 Å². The number of hydrogen-bond donors (Lipinski definition) is 1. The van der Waals surface area contributed by atoms with Gasteiger partial charge >= 0.3 is 0 Å². The van der Waals surface area contributed by atoms with Crippen LogP contribution in [0.1, 0.15) is 30.3 Å². The van der Waals surface area contributed by atoms with E-state index in [0.29, 0.717) is 17.3 Å². The Kier molecular flexibility index (Phi) is 3.29. The van der Waals surface area contributed by atoms with Crippen molar-refractivity contribution >= 4 is 40.0 Å². The summed E-state index contributed by atoms with van der Waals surface area (Å²) in [6.07, 6.45) is 1.37. The summed E-state index contributed by atoms with van der Waals surface area (Å²) in [5, 5.41) is 3.48. The molecule has 0 aromatic carbocycles. The molecular weight excluding hydrogens is 294 g/mol. The zero-order chi connectivity index (χ0) is 14.5. The molecule has 1 aromatic heterocycles. The molecule has 2 amide bonds. The molecule has 2 aliphatic heterocycles. The van der Waals surface area contributed by atoms with Gasteiger partial charge in [-0.25, -0.2) is 4.98 Å². The Morgan fingerprint density at radius 2 is 2.25 bits per heavy atom. The molecule has 0 radical (unpaired) electrons. The van der Waals surface area contributed by atoms with Crippen molar-refractivity contribution in [3.8, 4) is 0 Å². The van der Waals surface area contributed by atoms with Crippen LogP contribution >= 0.6 is 23.1 Å². The normalized spacial score (nSPS) is 28.9. The maximum atomic E-state index is 12.4. The van der Waals surface area contributed by atoms with Gasteiger partial charge in [0.25, 0.3) is 0 Å². The highest BCUT2D eigenvalue weighted by Crippen LogP contribution is 2.47. The Morgan fingerprint density at radius 3 is 2.90 bits per heavy atom. The topological polar surface area (TPSA) is 62.3 Å². The van der Waals surface area contributed by atoms with Gasteiger partial charge in [0.1, 0.15) is 6.04 Å². The van der Waals surface area contributed by atoms with Crippen molar-refractivity contribution in [1.82, 2.24) is 9.88 Å². The van der Waals surface area contributed by atoms with E-state index in [2.05, 4.69) is 10.3 Å². The maximum absolute atomic E-state index is 12.4. The number of anilines is 1. The SMILES string of the molecule is Cc1nc(NC(=O)[C@H]2CS[C@@]3(C)CCC(=O)N23)sc1C. The molecule has 2 atom stereocenters. The molecule has 2 aliphatic rings. The highest BCUT2D eigenvalue weighted by molar-refractivity contribution is 8.01. The Labute approximate surface area is 126 Å². The number of nitrogens with zero attached hydrogens (tertiary/aromatic N) is 2. The molecule has 0 spiro atoms. The van der Waals surface area contributed by atoms with Gasteiger partial charge in [0.15, 0.2) is 5.13 Å². The van der Waals surface area contributed by atoms with E-state index in [1.54, 1.807) is 16.7 Å².